The molecule has 2 rings (SSSR count). The van der Waals surface area contributed by atoms with E-state index < -0.39 is 0 Å². The number of likely N-dealkylation sites (N-methyl/N-ethyl adjacent to an activating group) is 1. The van der Waals surface area contributed by atoms with Gasteiger partial charge < -0.3 is 15.0 Å². The van der Waals surface area contributed by atoms with Crippen molar-refractivity contribution in [3.05, 3.63) is 34.3 Å². The van der Waals surface area contributed by atoms with E-state index in [1.54, 1.807) is 12.1 Å². The van der Waals surface area contributed by atoms with Crippen molar-refractivity contribution in [1.29, 1.82) is 5.26 Å². The first-order valence-electron chi connectivity index (χ1n) is 10.2. The van der Waals surface area contributed by atoms with E-state index in [0.29, 0.717) is 33.4 Å². The number of amides is 1. The number of aryl methyl sites for hydroxylation is 1. The van der Waals surface area contributed by atoms with Crippen LogP contribution in [0.1, 0.15) is 41.7 Å². The molecule has 1 N–H and O–H groups in total. The number of ether oxygens (including phenoxy) is 1. The second-order valence-corrected chi connectivity index (χ2v) is 8.25. The van der Waals surface area contributed by atoms with Crippen LogP contribution in [0.15, 0.2) is 18.2 Å². The molecule has 0 aliphatic carbocycles. The average Bonchev–Trinajstić information content (AvgIpc) is 3.10. The van der Waals surface area contributed by atoms with Gasteiger partial charge in [-0.05, 0) is 59.2 Å². The summed E-state index contributed by atoms with van der Waals surface area (Å²) in [6.45, 7) is 11.1. The minimum atomic E-state index is -0.127. The summed E-state index contributed by atoms with van der Waals surface area (Å²) in [4.78, 5) is 21.8. The molecule has 2 aromatic rings. The highest BCUT2D eigenvalue weighted by molar-refractivity contribution is 7.17. The summed E-state index contributed by atoms with van der Waals surface area (Å²) in [5, 5.41) is 13.3. The van der Waals surface area contributed by atoms with E-state index in [1.165, 1.54) is 11.3 Å². The van der Waals surface area contributed by atoms with Gasteiger partial charge in [0.2, 0.25) is 0 Å². The first kappa shape index (κ1) is 26.9. The van der Waals surface area contributed by atoms with Crippen LogP contribution in [0.25, 0.3) is 10.6 Å². The van der Waals surface area contributed by atoms with Crippen molar-refractivity contribution in [1.82, 2.24) is 20.1 Å². The molecule has 0 aliphatic heterocycles. The molecule has 170 valence electrons. The molecule has 0 saturated carbocycles. The van der Waals surface area contributed by atoms with Crippen LogP contribution in [-0.2, 0) is 0 Å². The van der Waals surface area contributed by atoms with Crippen LogP contribution >= 0.6 is 23.7 Å². The summed E-state index contributed by atoms with van der Waals surface area (Å²) >= 11 is 1.34. The fourth-order valence-electron chi connectivity index (χ4n) is 3.05. The lowest BCUT2D eigenvalue weighted by atomic mass is 10.1. The number of aromatic nitrogens is 1. The van der Waals surface area contributed by atoms with Gasteiger partial charge in [-0.1, -0.05) is 13.8 Å². The predicted octanol–water partition coefficient (Wildman–Crippen LogP) is 3.77. The number of carbonyl (C=O) groups excluding carboxylic acids is 1. The fraction of sp³-hybridized carbons (Fsp3) is 0.500. The highest BCUT2D eigenvalue weighted by atomic mass is 35.5. The molecule has 0 saturated heterocycles. The van der Waals surface area contributed by atoms with Crippen molar-refractivity contribution in [2.45, 2.75) is 33.9 Å². The number of hydrogen-bond donors (Lipinski definition) is 1. The van der Waals surface area contributed by atoms with Gasteiger partial charge in [0, 0.05) is 18.7 Å². The average molecular weight is 466 g/mol. The summed E-state index contributed by atoms with van der Waals surface area (Å²) in [7, 11) is 3.93. The van der Waals surface area contributed by atoms with Crippen LogP contribution in [0.5, 0.6) is 5.75 Å². The van der Waals surface area contributed by atoms with Gasteiger partial charge in [-0.15, -0.1) is 23.7 Å². The van der Waals surface area contributed by atoms with E-state index in [9.17, 15) is 10.1 Å². The van der Waals surface area contributed by atoms with Crippen LogP contribution in [0.3, 0.4) is 0 Å². The zero-order valence-electron chi connectivity index (χ0n) is 19.1. The van der Waals surface area contributed by atoms with Gasteiger partial charge in [0.05, 0.1) is 11.3 Å². The highest BCUT2D eigenvalue weighted by Crippen LogP contribution is 2.31. The van der Waals surface area contributed by atoms with Gasteiger partial charge in [0.15, 0.2) is 0 Å². The van der Waals surface area contributed by atoms with Crippen molar-refractivity contribution in [2.75, 3.05) is 40.3 Å². The number of rotatable bonds is 10. The third-order valence-electron chi connectivity index (χ3n) is 4.82. The molecule has 1 atom stereocenters. The van der Waals surface area contributed by atoms with E-state index in [2.05, 4.69) is 35.1 Å². The topological polar surface area (TPSA) is 81.5 Å². The molecule has 1 amide bonds. The molecule has 1 aromatic heterocycles. The van der Waals surface area contributed by atoms with E-state index >= 15 is 0 Å². The van der Waals surface area contributed by atoms with Gasteiger partial charge >= 0.3 is 0 Å². The quantitative estimate of drug-likeness (QED) is 0.538. The largest absolute Gasteiger partial charge is 0.474 e. The third-order valence-corrected chi connectivity index (χ3v) is 6.02. The van der Waals surface area contributed by atoms with E-state index in [0.717, 1.165) is 25.2 Å². The van der Waals surface area contributed by atoms with Crippen LogP contribution in [0.2, 0.25) is 0 Å². The summed E-state index contributed by atoms with van der Waals surface area (Å²) in [5.74, 6) is 0.433. The maximum atomic E-state index is 12.5. The number of thiazole rings is 1. The molecule has 1 heterocycles. The maximum Gasteiger partial charge on any atom is 0.263 e. The Kier molecular flexibility index (Phi) is 10.9. The molecule has 1 unspecified atom stereocenters. The van der Waals surface area contributed by atoms with Crippen molar-refractivity contribution in [3.8, 4) is 22.4 Å². The second kappa shape index (κ2) is 12.6. The van der Waals surface area contributed by atoms with Crippen molar-refractivity contribution in [3.63, 3.8) is 0 Å². The SMILES string of the molecule is CCN(CC)C(C)Oc1ccc(-c2nc(C)c(C(=O)NCCN(C)C)s2)cc1C#N.Cl. The Balaban J connectivity index is 0.00000480. The Morgan fingerprint density at radius 2 is 2.00 bits per heavy atom. The lowest BCUT2D eigenvalue weighted by Crippen LogP contribution is -2.37. The van der Waals surface area contributed by atoms with Crippen LogP contribution in [0.4, 0.5) is 0 Å². The monoisotopic (exact) mass is 465 g/mol. The van der Waals surface area contributed by atoms with Gasteiger partial charge in [-0.2, -0.15) is 5.26 Å². The minimum Gasteiger partial charge on any atom is -0.474 e. The Morgan fingerprint density at radius 1 is 1.32 bits per heavy atom. The summed E-state index contributed by atoms with van der Waals surface area (Å²) in [6.07, 6.45) is -0.127. The first-order valence-corrected chi connectivity index (χ1v) is 11.0. The number of benzene rings is 1. The van der Waals surface area contributed by atoms with Crippen LogP contribution < -0.4 is 10.1 Å². The van der Waals surface area contributed by atoms with Gasteiger partial charge in [-0.25, -0.2) is 4.98 Å². The number of hydrogen-bond acceptors (Lipinski definition) is 7. The molecule has 0 aliphatic rings. The molecular formula is C22H32ClN5O2S. The molecule has 0 bridgehead atoms. The maximum absolute atomic E-state index is 12.5. The zero-order valence-corrected chi connectivity index (χ0v) is 20.7. The second-order valence-electron chi connectivity index (χ2n) is 7.25. The normalized spacial score (nSPS) is 11.7. The number of carbonyl (C=O) groups is 1. The Bertz CT molecular complexity index is 906. The van der Waals surface area contributed by atoms with E-state index in [4.69, 9.17) is 4.74 Å². The minimum absolute atomic E-state index is 0. The van der Waals surface area contributed by atoms with Crippen molar-refractivity contribution in [2.24, 2.45) is 0 Å². The Labute approximate surface area is 195 Å². The molecule has 7 nitrogen and oxygen atoms in total. The van der Waals surface area contributed by atoms with Crippen molar-refractivity contribution >= 4 is 29.7 Å². The molecule has 0 fully saturated rings. The van der Waals surface area contributed by atoms with Crippen LogP contribution in [-0.4, -0.2) is 67.2 Å². The summed E-state index contributed by atoms with van der Waals surface area (Å²) < 4.78 is 6.02. The molecule has 31 heavy (non-hydrogen) atoms. The Morgan fingerprint density at radius 3 is 2.58 bits per heavy atom. The smallest absolute Gasteiger partial charge is 0.263 e. The first-order chi connectivity index (χ1) is 14.3. The van der Waals surface area contributed by atoms with E-state index in [1.807, 2.05) is 38.9 Å². The van der Waals surface area contributed by atoms with Gasteiger partial charge in [0.1, 0.15) is 27.9 Å². The molecular weight excluding hydrogens is 434 g/mol. The zero-order chi connectivity index (χ0) is 22.3. The number of halogens is 1. The van der Waals surface area contributed by atoms with Crippen molar-refractivity contribution < 1.29 is 9.53 Å². The summed E-state index contributed by atoms with van der Waals surface area (Å²) in [6, 6.07) is 7.69. The van der Waals surface area contributed by atoms with E-state index in [-0.39, 0.29) is 24.5 Å². The lowest BCUT2D eigenvalue weighted by Gasteiger charge is -2.27. The Hall–Kier alpha value is -2.18. The van der Waals surface area contributed by atoms with Gasteiger partial charge in [0.25, 0.3) is 5.91 Å². The predicted molar refractivity (Wildman–Crippen MR) is 128 cm³/mol. The van der Waals surface area contributed by atoms with Gasteiger partial charge in [-0.3, -0.25) is 9.69 Å². The summed E-state index contributed by atoms with van der Waals surface area (Å²) in [5.41, 5.74) is 1.94. The standard InChI is InChI=1S/C22H31N5O2S.ClH/c1-7-27(8-2)16(4)29-19-10-9-17(13-18(19)14-23)22-25-15(3)20(30-22)21(28)24-11-12-26(5)6;/h9-10,13,16H,7-8,11-12H2,1-6H3,(H,24,28);1H. The number of nitriles is 1. The third kappa shape index (κ3) is 7.18. The number of nitrogens with zero attached hydrogens (tertiary/aromatic N) is 4. The fourth-order valence-corrected chi connectivity index (χ4v) is 4.03. The molecule has 0 radical (unpaired) electrons. The van der Waals surface area contributed by atoms with Crippen LogP contribution in [0, 0.1) is 18.3 Å². The molecule has 1 aromatic carbocycles. The highest BCUT2D eigenvalue weighted by Gasteiger charge is 2.18. The number of nitrogens with one attached hydrogen (secondary N) is 1. The lowest BCUT2D eigenvalue weighted by molar-refractivity contribution is 0.0478. The molecule has 0 spiro atoms. The molecule has 9 heteroatoms.